The van der Waals surface area contributed by atoms with Crippen LogP contribution in [0.3, 0.4) is 0 Å². The summed E-state index contributed by atoms with van der Waals surface area (Å²) in [7, 11) is 0. The quantitative estimate of drug-likeness (QED) is 0.710. The number of hydrogen-bond donors (Lipinski definition) is 0. The molecule has 1 heterocycles. The van der Waals surface area contributed by atoms with E-state index in [4.69, 9.17) is 10.5 Å². The summed E-state index contributed by atoms with van der Waals surface area (Å²) in [5.74, 6) is 0. The molecule has 0 amide bonds. The monoisotopic (exact) mass is 205 g/mol. The van der Waals surface area contributed by atoms with Gasteiger partial charge in [0.1, 0.15) is 0 Å². The summed E-state index contributed by atoms with van der Waals surface area (Å²) in [4.78, 5) is 2.22. The second kappa shape index (κ2) is 5.14. The van der Waals surface area contributed by atoms with Crippen molar-refractivity contribution in [2.75, 3.05) is 13.1 Å². The molecule has 1 rings (SSSR count). The highest BCUT2D eigenvalue weighted by Gasteiger charge is 2.24. The zero-order valence-electron chi connectivity index (χ0n) is 9.66. The third-order valence-electron chi connectivity index (χ3n) is 3.09. The molecule has 1 saturated heterocycles. The Morgan fingerprint density at radius 1 is 1.33 bits per heavy atom. The number of piperidine rings is 1. The van der Waals surface area contributed by atoms with Crippen LogP contribution >= 0.6 is 0 Å². The number of nitriles is 2. The van der Waals surface area contributed by atoms with Crippen LogP contribution in [0.25, 0.3) is 0 Å². The van der Waals surface area contributed by atoms with Crippen LogP contribution in [-0.4, -0.2) is 24.0 Å². The molecule has 0 radical (unpaired) electrons. The topological polar surface area (TPSA) is 50.8 Å². The number of hydrogen-bond acceptors (Lipinski definition) is 3. The normalized spacial score (nSPS) is 23.1. The second-order valence-corrected chi connectivity index (χ2v) is 4.92. The van der Waals surface area contributed by atoms with E-state index in [-0.39, 0.29) is 11.5 Å². The maximum absolute atomic E-state index is 8.99. The lowest BCUT2D eigenvalue weighted by molar-refractivity contribution is 0.167. The van der Waals surface area contributed by atoms with E-state index in [0.29, 0.717) is 0 Å². The molecule has 1 aliphatic heterocycles. The molecule has 0 aromatic rings. The fraction of sp³-hybridized carbons (Fsp3) is 0.833. The minimum Gasteiger partial charge on any atom is -0.288 e. The van der Waals surface area contributed by atoms with Gasteiger partial charge in [0.25, 0.3) is 0 Å². The van der Waals surface area contributed by atoms with Gasteiger partial charge in [-0.2, -0.15) is 10.5 Å². The van der Waals surface area contributed by atoms with Crippen LogP contribution in [0.4, 0.5) is 0 Å². The van der Waals surface area contributed by atoms with Crippen molar-refractivity contribution in [3.05, 3.63) is 0 Å². The van der Waals surface area contributed by atoms with Crippen molar-refractivity contribution in [2.45, 2.75) is 45.6 Å². The summed E-state index contributed by atoms with van der Waals surface area (Å²) in [6.07, 6.45) is 4.19. The van der Waals surface area contributed by atoms with Gasteiger partial charge in [-0.05, 0) is 46.1 Å². The Hall–Kier alpha value is -1.06. The van der Waals surface area contributed by atoms with Crippen molar-refractivity contribution < 1.29 is 0 Å². The molecule has 15 heavy (non-hydrogen) atoms. The molecule has 1 unspecified atom stereocenters. The maximum atomic E-state index is 8.99. The third-order valence-corrected chi connectivity index (χ3v) is 3.09. The van der Waals surface area contributed by atoms with Crippen LogP contribution in [0, 0.1) is 28.1 Å². The van der Waals surface area contributed by atoms with Crippen LogP contribution in [0.5, 0.6) is 0 Å². The third kappa shape index (κ3) is 3.53. The van der Waals surface area contributed by atoms with Gasteiger partial charge < -0.3 is 0 Å². The number of nitrogens with zero attached hydrogens (tertiary/aromatic N) is 3. The first-order valence-electron chi connectivity index (χ1n) is 5.64. The van der Waals surface area contributed by atoms with E-state index < -0.39 is 0 Å². The van der Waals surface area contributed by atoms with Gasteiger partial charge in [-0.3, -0.25) is 4.90 Å². The highest BCUT2D eigenvalue weighted by atomic mass is 15.2. The Kier molecular flexibility index (Phi) is 4.12. The van der Waals surface area contributed by atoms with Gasteiger partial charge in [0.2, 0.25) is 0 Å². The van der Waals surface area contributed by atoms with Crippen LogP contribution in [0.15, 0.2) is 0 Å². The summed E-state index contributed by atoms with van der Waals surface area (Å²) >= 11 is 0. The Balaban J connectivity index is 2.44. The van der Waals surface area contributed by atoms with Gasteiger partial charge in [0.15, 0.2) is 0 Å². The molecule has 82 valence electrons. The van der Waals surface area contributed by atoms with Crippen molar-refractivity contribution in [3.63, 3.8) is 0 Å². The van der Waals surface area contributed by atoms with Crippen LogP contribution in [0.2, 0.25) is 0 Å². The number of rotatable bonds is 3. The van der Waals surface area contributed by atoms with Crippen LogP contribution in [-0.2, 0) is 0 Å². The summed E-state index contributed by atoms with van der Waals surface area (Å²) in [5.41, 5.74) is -0.266. The van der Waals surface area contributed by atoms with E-state index in [1.807, 2.05) is 13.8 Å². The minimum atomic E-state index is -0.266. The average Bonchev–Trinajstić information content (AvgIpc) is 2.27. The fourth-order valence-electron chi connectivity index (χ4n) is 1.88. The van der Waals surface area contributed by atoms with Crippen LogP contribution < -0.4 is 0 Å². The molecule has 0 bridgehead atoms. The van der Waals surface area contributed by atoms with Gasteiger partial charge in [-0.15, -0.1) is 0 Å². The Labute approximate surface area is 92.3 Å². The lowest BCUT2D eigenvalue weighted by Gasteiger charge is -2.32. The lowest BCUT2D eigenvalue weighted by atomic mass is 9.90. The van der Waals surface area contributed by atoms with E-state index in [0.717, 1.165) is 32.4 Å². The van der Waals surface area contributed by atoms with Crippen molar-refractivity contribution in [3.8, 4) is 12.1 Å². The molecular formula is C12H19N3. The lowest BCUT2D eigenvalue weighted by Crippen LogP contribution is -2.40. The first-order valence-corrected chi connectivity index (χ1v) is 5.64. The smallest absolute Gasteiger partial charge is 0.0977 e. The molecule has 1 aliphatic rings. The Bertz CT molecular complexity index is 282. The molecule has 0 aromatic carbocycles. The largest absolute Gasteiger partial charge is 0.288 e. The number of likely N-dealkylation sites (tertiary alicyclic amines) is 1. The first kappa shape index (κ1) is 12.0. The molecule has 0 aromatic heterocycles. The van der Waals surface area contributed by atoms with Crippen molar-refractivity contribution in [1.82, 2.24) is 4.90 Å². The first-order chi connectivity index (χ1) is 7.09. The average molecular weight is 205 g/mol. The van der Waals surface area contributed by atoms with Gasteiger partial charge >= 0.3 is 0 Å². The zero-order valence-corrected chi connectivity index (χ0v) is 9.66. The van der Waals surface area contributed by atoms with Crippen molar-refractivity contribution in [2.24, 2.45) is 5.41 Å². The molecule has 3 nitrogen and oxygen atoms in total. The van der Waals surface area contributed by atoms with E-state index in [2.05, 4.69) is 17.0 Å². The molecule has 1 atom stereocenters. The predicted molar refractivity (Wildman–Crippen MR) is 58.8 cm³/mol. The zero-order chi connectivity index (χ0) is 11.3. The van der Waals surface area contributed by atoms with Crippen LogP contribution in [0.1, 0.15) is 39.5 Å². The second-order valence-electron chi connectivity index (χ2n) is 4.92. The predicted octanol–water partition coefficient (Wildman–Crippen LogP) is 2.30. The maximum Gasteiger partial charge on any atom is 0.0977 e. The molecule has 0 saturated carbocycles. The Morgan fingerprint density at radius 3 is 2.67 bits per heavy atom. The fourth-order valence-corrected chi connectivity index (χ4v) is 1.88. The standard InChI is InChI=1S/C12H19N3/c1-12(2,10-14)6-8-15-7-4-3-5-11(15)9-13/h11H,3-8H2,1-2H3. The summed E-state index contributed by atoms with van der Waals surface area (Å²) in [6, 6.07) is 4.73. The van der Waals surface area contributed by atoms with Gasteiger partial charge in [-0.1, -0.05) is 0 Å². The molecule has 3 heteroatoms. The van der Waals surface area contributed by atoms with Crippen molar-refractivity contribution in [1.29, 1.82) is 10.5 Å². The van der Waals surface area contributed by atoms with Crippen molar-refractivity contribution >= 4 is 0 Å². The highest BCUT2D eigenvalue weighted by molar-refractivity contribution is 4.97. The molecular weight excluding hydrogens is 186 g/mol. The molecule has 0 spiro atoms. The van der Waals surface area contributed by atoms with E-state index in [9.17, 15) is 0 Å². The molecule has 0 N–H and O–H groups in total. The summed E-state index contributed by atoms with van der Waals surface area (Å²) in [5, 5.41) is 17.9. The highest BCUT2D eigenvalue weighted by Crippen LogP contribution is 2.22. The van der Waals surface area contributed by atoms with Gasteiger partial charge in [0.05, 0.1) is 23.6 Å². The molecule has 1 fully saturated rings. The van der Waals surface area contributed by atoms with E-state index >= 15 is 0 Å². The Morgan fingerprint density at radius 2 is 2.07 bits per heavy atom. The molecule has 0 aliphatic carbocycles. The van der Waals surface area contributed by atoms with Gasteiger partial charge in [-0.25, -0.2) is 0 Å². The summed E-state index contributed by atoms with van der Waals surface area (Å²) in [6.45, 7) is 5.80. The van der Waals surface area contributed by atoms with E-state index in [1.165, 1.54) is 6.42 Å². The minimum absolute atomic E-state index is 0.0771. The van der Waals surface area contributed by atoms with E-state index in [1.54, 1.807) is 0 Å². The van der Waals surface area contributed by atoms with Gasteiger partial charge in [0, 0.05) is 6.54 Å². The summed E-state index contributed by atoms with van der Waals surface area (Å²) < 4.78 is 0. The SMILES string of the molecule is CC(C)(C#N)CCN1CCCCC1C#N.